The standard InChI is InChI=1S/C49H78O11/c1-3-5-7-9-11-13-15-17-19-20-21-22-24-26-28-30-32-34-36-38-43(51)59-41(40-58-49-46(54)44(52)45(53)47(60-49)48(55)56)39-57-42(50)37-35-33-31-29-27-25-23-18-16-14-12-10-8-6-4-2/h6,8,11-14,17-19,23,27,29,33,35,41,44-47,49,52-54H,3-5,7,9-10,15-16,20-22,24-26,28,30-32,34,36-40H2,1-2H3,(H,55,56)/b8-6-,13-11-,14-12-,19-17-,23-18-,29-27-,35-33-. The van der Waals surface area contributed by atoms with Gasteiger partial charge in [0.2, 0.25) is 0 Å². The molecule has 0 bridgehead atoms. The van der Waals surface area contributed by atoms with E-state index in [2.05, 4.69) is 80.7 Å². The van der Waals surface area contributed by atoms with Crippen molar-refractivity contribution < 1.29 is 53.8 Å². The maximum absolute atomic E-state index is 12.8. The summed E-state index contributed by atoms with van der Waals surface area (Å²) < 4.78 is 21.6. The van der Waals surface area contributed by atoms with Crippen molar-refractivity contribution in [1.29, 1.82) is 0 Å². The lowest BCUT2D eigenvalue weighted by Crippen LogP contribution is -2.60. The van der Waals surface area contributed by atoms with Gasteiger partial charge in [0.1, 0.15) is 24.9 Å². The van der Waals surface area contributed by atoms with E-state index in [-0.39, 0.29) is 19.4 Å². The highest BCUT2D eigenvalue weighted by Gasteiger charge is 2.47. The van der Waals surface area contributed by atoms with E-state index in [1.165, 1.54) is 51.4 Å². The van der Waals surface area contributed by atoms with Gasteiger partial charge >= 0.3 is 17.9 Å². The van der Waals surface area contributed by atoms with Gasteiger partial charge in [-0.15, -0.1) is 0 Å². The maximum Gasteiger partial charge on any atom is 0.335 e. The number of carboxylic acids is 1. The number of aliphatic hydroxyl groups excluding tert-OH is 3. The molecule has 0 aliphatic carbocycles. The van der Waals surface area contributed by atoms with E-state index in [0.717, 1.165) is 64.2 Å². The first kappa shape index (κ1) is 54.4. The zero-order chi connectivity index (χ0) is 43.9. The number of hydrogen-bond acceptors (Lipinski definition) is 10. The lowest BCUT2D eigenvalue weighted by atomic mass is 9.99. The maximum atomic E-state index is 12.8. The van der Waals surface area contributed by atoms with Gasteiger partial charge in [0, 0.05) is 6.42 Å². The second-order valence-electron chi connectivity index (χ2n) is 15.2. The van der Waals surface area contributed by atoms with Crippen LogP contribution in [0.5, 0.6) is 0 Å². The molecule has 0 aromatic heterocycles. The predicted molar refractivity (Wildman–Crippen MR) is 238 cm³/mol. The summed E-state index contributed by atoms with van der Waals surface area (Å²) in [6, 6.07) is 0. The Bertz CT molecular complexity index is 1310. The quantitative estimate of drug-likeness (QED) is 0.0269. The van der Waals surface area contributed by atoms with Crippen LogP contribution in [-0.4, -0.2) is 88.4 Å². The predicted octanol–water partition coefficient (Wildman–Crippen LogP) is 9.87. The molecule has 1 heterocycles. The largest absolute Gasteiger partial charge is 0.479 e. The molecule has 0 aromatic carbocycles. The number of aliphatic carboxylic acids is 1. The Labute approximate surface area is 361 Å². The molecule has 6 unspecified atom stereocenters. The van der Waals surface area contributed by atoms with Gasteiger partial charge in [-0.05, 0) is 70.6 Å². The fourth-order valence-corrected chi connectivity index (χ4v) is 6.22. The summed E-state index contributed by atoms with van der Waals surface area (Å²) in [6.45, 7) is 3.57. The molecule has 0 aromatic rings. The van der Waals surface area contributed by atoms with E-state index in [1.54, 1.807) is 6.08 Å². The second-order valence-corrected chi connectivity index (χ2v) is 15.2. The minimum absolute atomic E-state index is 0.00141. The van der Waals surface area contributed by atoms with Crippen molar-refractivity contribution >= 4 is 17.9 Å². The van der Waals surface area contributed by atoms with E-state index in [0.29, 0.717) is 12.8 Å². The summed E-state index contributed by atoms with van der Waals surface area (Å²) >= 11 is 0. The number of ether oxygens (including phenoxy) is 4. The molecule has 11 nitrogen and oxygen atoms in total. The van der Waals surface area contributed by atoms with Crippen molar-refractivity contribution in [3.8, 4) is 0 Å². The van der Waals surface area contributed by atoms with Crippen LogP contribution in [0.15, 0.2) is 85.1 Å². The summed E-state index contributed by atoms with van der Waals surface area (Å²) in [5.41, 5.74) is 0. The number of carboxylic acid groups (broad SMARTS) is 1. The van der Waals surface area contributed by atoms with Crippen molar-refractivity contribution in [2.24, 2.45) is 0 Å². The average Bonchev–Trinajstić information content (AvgIpc) is 3.23. The number of allylic oxidation sites excluding steroid dienone is 13. The molecule has 0 saturated carbocycles. The SMILES string of the molecule is CC/C=C\C/C=C\C/C=C\C/C=C\C/C=C\CC(=O)OCC(COC1OC(C(=O)O)C(O)C(O)C1O)OC(=O)CCCCCCCCCCC/C=C\C/C=C\CCCCC. The van der Waals surface area contributed by atoms with Crippen LogP contribution in [0.3, 0.4) is 0 Å². The first-order chi connectivity index (χ1) is 29.2. The number of unbranched alkanes of at least 4 members (excludes halogenated alkanes) is 12. The third kappa shape index (κ3) is 29.6. The molecule has 4 N–H and O–H groups in total. The monoisotopic (exact) mass is 843 g/mol. The molecule has 1 fully saturated rings. The normalized spacial score (nSPS) is 20.6. The number of esters is 2. The molecule has 1 rings (SSSR count). The molecule has 60 heavy (non-hydrogen) atoms. The molecule has 11 heteroatoms. The third-order valence-electron chi connectivity index (χ3n) is 9.76. The smallest absolute Gasteiger partial charge is 0.335 e. The Morgan fingerprint density at radius 3 is 1.57 bits per heavy atom. The molecule has 340 valence electrons. The van der Waals surface area contributed by atoms with Gasteiger partial charge in [-0.2, -0.15) is 0 Å². The molecule has 0 amide bonds. The van der Waals surface area contributed by atoms with Crippen LogP contribution >= 0.6 is 0 Å². The van der Waals surface area contributed by atoms with Crippen molar-refractivity contribution in [3.63, 3.8) is 0 Å². The molecule has 0 spiro atoms. The third-order valence-corrected chi connectivity index (χ3v) is 9.76. The van der Waals surface area contributed by atoms with Gasteiger partial charge in [-0.1, -0.05) is 157 Å². The summed E-state index contributed by atoms with van der Waals surface area (Å²) in [5, 5.41) is 39.8. The van der Waals surface area contributed by atoms with Gasteiger partial charge in [0.25, 0.3) is 0 Å². The fraction of sp³-hybridized carbons (Fsp3) is 0.653. The van der Waals surface area contributed by atoms with Crippen LogP contribution in [0.1, 0.15) is 155 Å². The lowest BCUT2D eigenvalue weighted by Gasteiger charge is -2.38. The van der Waals surface area contributed by atoms with Crippen molar-refractivity contribution in [1.82, 2.24) is 0 Å². The van der Waals surface area contributed by atoms with Crippen LogP contribution in [0.2, 0.25) is 0 Å². The number of rotatable bonds is 36. The van der Waals surface area contributed by atoms with Crippen LogP contribution < -0.4 is 0 Å². The van der Waals surface area contributed by atoms with Gasteiger partial charge < -0.3 is 39.4 Å². The highest BCUT2D eigenvalue weighted by atomic mass is 16.7. The molecule has 0 radical (unpaired) electrons. The summed E-state index contributed by atoms with van der Waals surface area (Å²) in [5.74, 6) is -2.62. The van der Waals surface area contributed by atoms with Crippen LogP contribution in [0.25, 0.3) is 0 Å². The van der Waals surface area contributed by atoms with Crippen molar-refractivity contribution in [2.45, 2.75) is 192 Å². The van der Waals surface area contributed by atoms with Gasteiger partial charge in [-0.3, -0.25) is 9.59 Å². The zero-order valence-electron chi connectivity index (χ0n) is 36.7. The van der Waals surface area contributed by atoms with Gasteiger partial charge in [-0.25, -0.2) is 4.79 Å². The van der Waals surface area contributed by atoms with E-state index in [4.69, 9.17) is 18.9 Å². The fourth-order valence-electron chi connectivity index (χ4n) is 6.22. The van der Waals surface area contributed by atoms with Crippen LogP contribution in [-0.2, 0) is 33.3 Å². The van der Waals surface area contributed by atoms with E-state index in [9.17, 15) is 34.8 Å². The minimum Gasteiger partial charge on any atom is -0.479 e. The Morgan fingerprint density at radius 1 is 0.550 bits per heavy atom. The number of hydrogen-bond donors (Lipinski definition) is 4. The number of carbonyl (C=O) groups is 3. The average molecular weight is 843 g/mol. The summed E-state index contributed by atoms with van der Waals surface area (Å²) in [7, 11) is 0. The lowest BCUT2D eigenvalue weighted by molar-refractivity contribution is -0.298. The van der Waals surface area contributed by atoms with E-state index >= 15 is 0 Å². The highest BCUT2D eigenvalue weighted by Crippen LogP contribution is 2.23. The summed E-state index contributed by atoms with van der Waals surface area (Å²) in [6.07, 6.45) is 40.9. The topological polar surface area (TPSA) is 169 Å². The Balaban J connectivity index is 2.42. The molecule has 1 aliphatic rings. The molecular formula is C49H78O11. The Hall–Kier alpha value is -3.61. The molecule has 6 atom stereocenters. The van der Waals surface area contributed by atoms with Crippen molar-refractivity contribution in [2.75, 3.05) is 13.2 Å². The zero-order valence-corrected chi connectivity index (χ0v) is 36.7. The van der Waals surface area contributed by atoms with E-state index < -0.39 is 61.3 Å². The highest BCUT2D eigenvalue weighted by molar-refractivity contribution is 5.73. The second kappa shape index (κ2) is 38.3. The molecule has 1 saturated heterocycles. The molecule has 1 aliphatic heterocycles. The van der Waals surface area contributed by atoms with Gasteiger partial charge in [0.05, 0.1) is 13.0 Å². The Kier molecular flexibility index (Phi) is 34.8. The van der Waals surface area contributed by atoms with Gasteiger partial charge in [0.15, 0.2) is 18.5 Å². The minimum atomic E-state index is -1.88. The summed E-state index contributed by atoms with van der Waals surface area (Å²) in [4.78, 5) is 36.8. The number of carbonyl (C=O) groups excluding carboxylic acids is 2. The Morgan fingerprint density at radius 2 is 1.03 bits per heavy atom. The van der Waals surface area contributed by atoms with E-state index in [1.807, 2.05) is 12.2 Å². The molecular weight excluding hydrogens is 765 g/mol. The number of aliphatic hydroxyl groups is 3. The first-order valence-corrected chi connectivity index (χ1v) is 22.6. The van der Waals surface area contributed by atoms with Crippen LogP contribution in [0, 0.1) is 0 Å². The van der Waals surface area contributed by atoms with Crippen molar-refractivity contribution in [3.05, 3.63) is 85.1 Å². The first-order valence-electron chi connectivity index (χ1n) is 22.6. The van der Waals surface area contributed by atoms with Crippen LogP contribution in [0.4, 0.5) is 0 Å².